The molecule has 3 rings (SSSR count). The Kier molecular flexibility index (Phi) is 5.68. The molecule has 0 aliphatic carbocycles. The lowest BCUT2D eigenvalue weighted by molar-refractivity contribution is -0.114. The second-order valence-electron chi connectivity index (χ2n) is 5.91. The molecular formula is C17H18N4O4S3. The molecule has 0 radical (unpaired) electrons. The lowest BCUT2D eigenvalue weighted by Crippen LogP contribution is -2.04. The smallest absolute Gasteiger partial charge is 0.223 e. The van der Waals surface area contributed by atoms with Crippen molar-refractivity contribution < 1.29 is 17.9 Å². The van der Waals surface area contributed by atoms with Gasteiger partial charge in [-0.25, -0.2) is 18.4 Å². The maximum Gasteiger partial charge on any atom is 0.223 e. The van der Waals surface area contributed by atoms with Crippen molar-refractivity contribution in [3.05, 3.63) is 29.3 Å². The number of thiazole rings is 2. The molecule has 1 aromatic carbocycles. The number of benzene rings is 1. The fourth-order valence-electron chi connectivity index (χ4n) is 2.40. The Hall–Kier alpha value is -2.50. The molecule has 2 heterocycles. The number of carbonyl (C=O) groups excluding carboxylic acids is 1. The molecule has 0 atom stereocenters. The van der Waals surface area contributed by atoms with Gasteiger partial charge >= 0.3 is 0 Å². The molecule has 3 aromatic rings. The Labute approximate surface area is 170 Å². The summed E-state index contributed by atoms with van der Waals surface area (Å²) in [5.41, 5.74) is 1.99. The van der Waals surface area contributed by atoms with E-state index < -0.39 is 9.84 Å². The van der Waals surface area contributed by atoms with Crippen molar-refractivity contribution in [1.29, 1.82) is 0 Å². The highest BCUT2D eigenvalue weighted by Gasteiger charge is 2.16. The standard InChI is InChI=1S/C17H18N4O4S3/c1-9-15(27-17(18-9)19-10(2)22)13-8-26-16(21-13)20-12-7-11(28(4,23)24)5-6-14(12)25-3/h5-8H,1-4H3,(H,20,21)(H,18,19,22). The molecule has 8 nitrogen and oxygen atoms in total. The highest BCUT2D eigenvalue weighted by atomic mass is 32.2. The molecule has 0 bridgehead atoms. The van der Waals surface area contributed by atoms with E-state index >= 15 is 0 Å². The molecule has 2 N–H and O–H groups in total. The van der Waals surface area contributed by atoms with Crippen molar-refractivity contribution >= 4 is 54.4 Å². The quantitative estimate of drug-likeness (QED) is 0.604. The summed E-state index contributed by atoms with van der Waals surface area (Å²) in [6, 6.07) is 4.61. The fourth-order valence-corrected chi connectivity index (χ4v) is 4.81. The van der Waals surface area contributed by atoms with Crippen LogP contribution in [0, 0.1) is 6.92 Å². The summed E-state index contributed by atoms with van der Waals surface area (Å²) >= 11 is 2.71. The van der Waals surface area contributed by atoms with E-state index in [2.05, 4.69) is 20.6 Å². The molecule has 0 saturated carbocycles. The van der Waals surface area contributed by atoms with Gasteiger partial charge < -0.3 is 15.4 Å². The van der Waals surface area contributed by atoms with Gasteiger partial charge in [-0.2, -0.15) is 0 Å². The summed E-state index contributed by atoms with van der Waals surface area (Å²) in [5.74, 6) is 0.324. The van der Waals surface area contributed by atoms with Crippen molar-refractivity contribution in [3.8, 4) is 16.3 Å². The Morgan fingerprint density at radius 2 is 1.96 bits per heavy atom. The Bertz CT molecular complexity index is 1140. The number of hydrogen-bond acceptors (Lipinski definition) is 9. The minimum absolute atomic E-state index is 0.182. The minimum Gasteiger partial charge on any atom is -0.495 e. The highest BCUT2D eigenvalue weighted by molar-refractivity contribution is 7.90. The first-order valence-corrected chi connectivity index (χ1v) is 11.6. The SMILES string of the molecule is COc1ccc(S(C)(=O)=O)cc1Nc1nc(-c2sc(NC(C)=O)nc2C)cs1. The number of aryl methyl sites for hydroxylation is 1. The van der Waals surface area contributed by atoms with E-state index in [1.165, 1.54) is 48.8 Å². The predicted molar refractivity (Wildman–Crippen MR) is 112 cm³/mol. The predicted octanol–water partition coefficient (Wildman–Crippen LogP) is 3.69. The third-order valence-electron chi connectivity index (χ3n) is 3.66. The maximum absolute atomic E-state index is 11.8. The van der Waals surface area contributed by atoms with E-state index in [-0.39, 0.29) is 10.8 Å². The van der Waals surface area contributed by atoms with Gasteiger partial charge in [-0.05, 0) is 25.1 Å². The number of ether oxygens (including phenoxy) is 1. The summed E-state index contributed by atoms with van der Waals surface area (Å²) in [4.78, 5) is 21.1. The van der Waals surface area contributed by atoms with Gasteiger partial charge in [0.15, 0.2) is 20.1 Å². The number of hydrogen-bond donors (Lipinski definition) is 2. The monoisotopic (exact) mass is 438 g/mol. The second kappa shape index (κ2) is 7.86. The van der Waals surface area contributed by atoms with Crippen molar-refractivity contribution in [2.24, 2.45) is 0 Å². The second-order valence-corrected chi connectivity index (χ2v) is 9.78. The number of nitrogens with one attached hydrogen (secondary N) is 2. The molecule has 0 unspecified atom stereocenters. The molecule has 0 fully saturated rings. The summed E-state index contributed by atoms with van der Waals surface area (Å²) in [6.07, 6.45) is 1.15. The van der Waals surface area contributed by atoms with Crippen LogP contribution in [-0.4, -0.2) is 37.7 Å². The molecule has 0 aliphatic rings. The molecule has 28 heavy (non-hydrogen) atoms. The summed E-state index contributed by atoms with van der Waals surface area (Å²) < 4.78 is 29.0. The number of amides is 1. The number of methoxy groups -OCH3 is 1. The molecule has 2 aromatic heterocycles. The lowest BCUT2D eigenvalue weighted by atomic mass is 10.3. The summed E-state index contributed by atoms with van der Waals surface area (Å²) in [6.45, 7) is 3.28. The van der Waals surface area contributed by atoms with E-state index in [1.54, 1.807) is 6.07 Å². The van der Waals surface area contributed by atoms with Crippen molar-refractivity contribution in [3.63, 3.8) is 0 Å². The first-order valence-electron chi connectivity index (χ1n) is 8.03. The average Bonchev–Trinajstić information content (AvgIpc) is 3.19. The van der Waals surface area contributed by atoms with Gasteiger partial charge in [-0.15, -0.1) is 11.3 Å². The van der Waals surface area contributed by atoms with Gasteiger partial charge in [0.05, 0.1) is 34.0 Å². The number of sulfone groups is 1. The van der Waals surface area contributed by atoms with Crippen LogP contribution in [0.4, 0.5) is 16.0 Å². The molecule has 11 heteroatoms. The van der Waals surface area contributed by atoms with Crippen LogP contribution in [0.5, 0.6) is 5.75 Å². The van der Waals surface area contributed by atoms with Crippen LogP contribution in [0.15, 0.2) is 28.5 Å². The molecule has 148 valence electrons. The van der Waals surface area contributed by atoms with Gasteiger partial charge in [0.2, 0.25) is 5.91 Å². The van der Waals surface area contributed by atoms with Crippen LogP contribution in [0.1, 0.15) is 12.6 Å². The largest absolute Gasteiger partial charge is 0.495 e. The molecule has 1 amide bonds. The van der Waals surface area contributed by atoms with E-state index in [9.17, 15) is 13.2 Å². The lowest BCUT2D eigenvalue weighted by Gasteiger charge is -2.10. The zero-order valence-corrected chi connectivity index (χ0v) is 18.0. The average molecular weight is 439 g/mol. The maximum atomic E-state index is 11.8. The third kappa shape index (κ3) is 4.49. The molecule has 0 spiro atoms. The van der Waals surface area contributed by atoms with Crippen molar-refractivity contribution in [1.82, 2.24) is 9.97 Å². The van der Waals surface area contributed by atoms with Crippen LogP contribution in [0.3, 0.4) is 0 Å². The van der Waals surface area contributed by atoms with Gasteiger partial charge in [0.25, 0.3) is 0 Å². The van der Waals surface area contributed by atoms with Crippen LogP contribution in [0.2, 0.25) is 0 Å². The molecular weight excluding hydrogens is 420 g/mol. The number of rotatable bonds is 6. The van der Waals surface area contributed by atoms with Gasteiger partial charge in [0, 0.05) is 18.6 Å². The minimum atomic E-state index is -3.35. The number of carbonyl (C=O) groups is 1. The summed E-state index contributed by atoms with van der Waals surface area (Å²) in [7, 11) is -1.83. The topological polar surface area (TPSA) is 110 Å². The first-order chi connectivity index (χ1) is 13.2. The Morgan fingerprint density at radius 3 is 2.61 bits per heavy atom. The van der Waals surface area contributed by atoms with Gasteiger partial charge in [-0.1, -0.05) is 11.3 Å². The first kappa shape index (κ1) is 20.2. The van der Waals surface area contributed by atoms with Crippen molar-refractivity contribution in [2.45, 2.75) is 18.7 Å². The van der Waals surface area contributed by atoms with Crippen LogP contribution < -0.4 is 15.4 Å². The van der Waals surface area contributed by atoms with E-state index in [4.69, 9.17) is 4.74 Å². The number of anilines is 3. The van der Waals surface area contributed by atoms with E-state index in [0.717, 1.165) is 22.5 Å². The molecule has 0 saturated heterocycles. The van der Waals surface area contributed by atoms with E-state index in [1.807, 2.05) is 12.3 Å². The zero-order valence-electron chi connectivity index (χ0n) is 15.6. The number of aromatic nitrogens is 2. The Balaban J connectivity index is 1.90. The third-order valence-corrected chi connectivity index (χ3v) is 6.62. The van der Waals surface area contributed by atoms with Crippen LogP contribution in [0.25, 0.3) is 10.6 Å². The normalized spacial score (nSPS) is 11.3. The van der Waals surface area contributed by atoms with Crippen LogP contribution >= 0.6 is 22.7 Å². The zero-order chi connectivity index (χ0) is 20.5. The summed E-state index contributed by atoms with van der Waals surface area (Å²) in [5, 5.41) is 8.75. The van der Waals surface area contributed by atoms with Crippen molar-refractivity contribution in [2.75, 3.05) is 24.0 Å². The fraction of sp³-hybridized carbons (Fsp3) is 0.235. The highest BCUT2D eigenvalue weighted by Crippen LogP contribution is 2.36. The van der Waals surface area contributed by atoms with Gasteiger partial charge in [-0.3, -0.25) is 4.79 Å². The number of nitrogens with zero attached hydrogens (tertiary/aromatic N) is 2. The van der Waals surface area contributed by atoms with Gasteiger partial charge in [0.1, 0.15) is 5.75 Å². The van der Waals surface area contributed by atoms with E-state index in [0.29, 0.717) is 21.7 Å². The Morgan fingerprint density at radius 1 is 1.21 bits per heavy atom. The van der Waals surface area contributed by atoms with Crippen LogP contribution in [-0.2, 0) is 14.6 Å². The molecule has 0 aliphatic heterocycles.